The smallest absolute Gasteiger partial charge is 0.135 e. The Labute approximate surface area is 258 Å². The van der Waals surface area contributed by atoms with Crippen molar-refractivity contribution in [2.24, 2.45) is 0 Å². The number of aryl methyl sites for hydroxylation is 1. The first kappa shape index (κ1) is 27.5. The van der Waals surface area contributed by atoms with Gasteiger partial charge in [-0.1, -0.05) is 128 Å². The van der Waals surface area contributed by atoms with E-state index in [1.165, 1.54) is 60.1 Å². The summed E-state index contributed by atoms with van der Waals surface area (Å²) in [6.07, 6.45) is 8.99. The lowest BCUT2D eigenvalue weighted by molar-refractivity contribution is -0.243. The third-order valence-electron chi connectivity index (χ3n) is 8.67. The zero-order valence-electron chi connectivity index (χ0n) is 25.2. The average Bonchev–Trinajstić information content (AvgIpc) is 3.09. The van der Waals surface area contributed by atoms with Crippen LogP contribution in [-0.4, -0.2) is 4.98 Å². The minimum absolute atomic E-state index is 0.945. The maximum atomic E-state index is 4.81. The Morgan fingerprint density at radius 1 is 0.636 bits per heavy atom. The topological polar surface area (TPSA) is 40.5 Å². The fraction of sp³-hybridized carbons (Fsp3) is 0.0714. The van der Waals surface area contributed by atoms with Gasteiger partial charge in [-0.3, -0.25) is 4.98 Å². The summed E-state index contributed by atoms with van der Waals surface area (Å²) in [5, 5.41) is 7.45. The van der Waals surface area contributed by atoms with Crippen molar-refractivity contribution in [1.29, 1.82) is 0 Å². The quantitative estimate of drug-likeness (QED) is 0.158. The molecule has 7 rings (SSSR count). The highest BCUT2D eigenvalue weighted by atomic mass is 14.7. The Balaban J connectivity index is 1.49. The van der Waals surface area contributed by atoms with E-state index in [1.807, 2.05) is 37.4 Å². The molecule has 0 spiro atoms. The van der Waals surface area contributed by atoms with Crippen LogP contribution in [0.2, 0.25) is 0 Å². The molecule has 0 saturated carbocycles. The summed E-state index contributed by atoms with van der Waals surface area (Å²) < 4.78 is 0. The summed E-state index contributed by atoms with van der Waals surface area (Å²) in [6, 6.07) is 44.3. The van der Waals surface area contributed by atoms with E-state index in [1.54, 1.807) is 0 Å². The van der Waals surface area contributed by atoms with E-state index in [0.717, 1.165) is 28.9 Å². The van der Waals surface area contributed by atoms with Crippen molar-refractivity contribution in [3.8, 4) is 33.5 Å². The lowest BCUT2D eigenvalue weighted by Crippen LogP contribution is -2.45. The summed E-state index contributed by atoms with van der Waals surface area (Å²) >= 11 is 0. The normalized spacial score (nSPS) is 12.1. The van der Waals surface area contributed by atoms with Crippen LogP contribution in [0, 0.1) is 0 Å². The summed E-state index contributed by atoms with van der Waals surface area (Å²) in [6.45, 7) is 4.22. The van der Waals surface area contributed by atoms with Gasteiger partial charge in [-0.2, -0.15) is 0 Å². The number of nitrogens with zero attached hydrogens (tertiary/aromatic N) is 1. The van der Waals surface area contributed by atoms with Gasteiger partial charge in [0.05, 0.1) is 5.69 Å². The van der Waals surface area contributed by atoms with Crippen molar-refractivity contribution in [2.45, 2.75) is 20.3 Å². The Bertz CT molecular complexity index is 2160. The first-order chi connectivity index (χ1) is 21.7. The molecule has 0 radical (unpaired) electrons. The van der Waals surface area contributed by atoms with Crippen molar-refractivity contribution in [3.63, 3.8) is 0 Å². The molecule has 3 N–H and O–H groups in total. The van der Waals surface area contributed by atoms with Crippen LogP contribution in [0.4, 0.5) is 0 Å². The van der Waals surface area contributed by atoms with Gasteiger partial charge in [0.15, 0.2) is 0 Å². The molecule has 0 aliphatic carbocycles. The van der Waals surface area contributed by atoms with Crippen molar-refractivity contribution in [2.75, 3.05) is 0 Å². The SMILES string of the molecule is C/C=C\C=C(/[NH3+])c1ccnc(-c2cccc3c(-c4c5ccccc5c(-c5ccc(CC)cc5)c5ccccc45)cccc23)c1. The van der Waals surface area contributed by atoms with Crippen molar-refractivity contribution in [3.05, 3.63) is 157 Å². The molecule has 0 amide bonds. The van der Waals surface area contributed by atoms with E-state index in [4.69, 9.17) is 4.98 Å². The predicted octanol–water partition coefficient (Wildman–Crippen LogP) is 10.3. The van der Waals surface area contributed by atoms with Gasteiger partial charge < -0.3 is 5.73 Å². The van der Waals surface area contributed by atoms with Crippen LogP contribution < -0.4 is 5.73 Å². The maximum Gasteiger partial charge on any atom is 0.135 e. The van der Waals surface area contributed by atoms with Crippen LogP contribution in [0.1, 0.15) is 25.0 Å². The molecule has 0 aliphatic heterocycles. The Morgan fingerprint density at radius 2 is 1.20 bits per heavy atom. The van der Waals surface area contributed by atoms with E-state index >= 15 is 0 Å². The van der Waals surface area contributed by atoms with E-state index in [-0.39, 0.29) is 0 Å². The minimum atomic E-state index is 0.945. The van der Waals surface area contributed by atoms with Crippen molar-refractivity contribution >= 4 is 38.0 Å². The number of rotatable bonds is 6. The van der Waals surface area contributed by atoms with Gasteiger partial charge in [-0.25, -0.2) is 0 Å². The zero-order chi connectivity index (χ0) is 30.0. The summed E-state index contributed by atoms with van der Waals surface area (Å²) in [4.78, 5) is 4.81. The van der Waals surface area contributed by atoms with Crippen LogP contribution in [0.25, 0.3) is 71.5 Å². The number of quaternary nitrogens is 1. The summed E-state index contributed by atoms with van der Waals surface area (Å²) in [5.74, 6) is 0. The highest BCUT2D eigenvalue weighted by Gasteiger charge is 2.18. The van der Waals surface area contributed by atoms with Crippen LogP contribution in [0.5, 0.6) is 0 Å². The Morgan fingerprint density at radius 3 is 1.82 bits per heavy atom. The zero-order valence-corrected chi connectivity index (χ0v) is 25.2. The van der Waals surface area contributed by atoms with Crippen molar-refractivity contribution < 1.29 is 5.73 Å². The third kappa shape index (κ3) is 4.80. The second-order valence-electron chi connectivity index (χ2n) is 11.2. The van der Waals surface area contributed by atoms with Crippen LogP contribution >= 0.6 is 0 Å². The van der Waals surface area contributed by atoms with Crippen LogP contribution in [0.15, 0.2) is 146 Å². The number of allylic oxidation sites excluding steroid dienone is 3. The first-order valence-electron chi connectivity index (χ1n) is 15.3. The lowest BCUT2D eigenvalue weighted by atomic mass is 9.84. The molecule has 1 aromatic heterocycles. The molecule has 0 bridgehead atoms. The van der Waals surface area contributed by atoms with Gasteiger partial charge in [-0.05, 0) is 91.7 Å². The Kier molecular flexibility index (Phi) is 7.35. The number of fused-ring (bicyclic) bond motifs is 3. The number of hydrogen-bond donors (Lipinski definition) is 1. The molecular formula is C42H35N2+. The van der Waals surface area contributed by atoms with Gasteiger partial charge >= 0.3 is 0 Å². The molecule has 0 saturated heterocycles. The molecule has 2 nitrogen and oxygen atoms in total. The van der Waals surface area contributed by atoms with Gasteiger partial charge in [0.2, 0.25) is 0 Å². The van der Waals surface area contributed by atoms with E-state index in [0.29, 0.717) is 0 Å². The van der Waals surface area contributed by atoms with Crippen molar-refractivity contribution in [1.82, 2.24) is 4.98 Å². The molecule has 0 atom stereocenters. The van der Waals surface area contributed by atoms with Gasteiger partial charge in [0.1, 0.15) is 5.70 Å². The molecule has 0 fully saturated rings. The van der Waals surface area contributed by atoms with Crippen LogP contribution in [-0.2, 0) is 6.42 Å². The number of hydrogen-bond acceptors (Lipinski definition) is 1. The number of benzene rings is 6. The largest absolute Gasteiger partial charge is 0.325 e. The summed E-state index contributed by atoms with van der Waals surface area (Å²) in [7, 11) is 0. The molecular weight excluding hydrogens is 532 g/mol. The predicted molar refractivity (Wildman–Crippen MR) is 188 cm³/mol. The third-order valence-corrected chi connectivity index (χ3v) is 8.67. The molecule has 0 unspecified atom stereocenters. The molecule has 2 heteroatoms. The van der Waals surface area contributed by atoms with Gasteiger partial charge in [0.25, 0.3) is 0 Å². The monoisotopic (exact) mass is 567 g/mol. The number of aromatic nitrogens is 1. The lowest BCUT2D eigenvalue weighted by Gasteiger charge is -2.19. The Hall–Kier alpha value is -5.31. The fourth-order valence-corrected chi connectivity index (χ4v) is 6.47. The summed E-state index contributed by atoms with van der Waals surface area (Å²) in [5.41, 5.74) is 14.8. The molecule has 6 aromatic carbocycles. The standard InChI is InChI=1S/C42H34N2/c1-3-5-20-39(43)30-25-26-44-40(27-30)33-18-10-17-32-31(33)16-11-19-34(32)42-37-14-8-6-12-35(37)41(36-13-7-9-15-38(36)42)29-23-21-28(4-2)22-24-29/h3,5-27H,4,43H2,1-2H3/p+1/b5-3-,39-20-. The molecule has 212 valence electrons. The first-order valence-corrected chi connectivity index (χ1v) is 15.3. The van der Waals surface area contributed by atoms with E-state index in [2.05, 4.69) is 128 Å². The minimum Gasteiger partial charge on any atom is -0.325 e. The van der Waals surface area contributed by atoms with Crippen LogP contribution in [0.3, 0.4) is 0 Å². The molecule has 7 aromatic rings. The molecule has 44 heavy (non-hydrogen) atoms. The van der Waals surface area contributed by atoms with Gasteiger partial charge in [-0.15, -0.1) is 0 Å². The second-order valence-corrected chi connectivity index (χ2v) is 11.2. The molecule has 1 heterocycles. The average molecular weight is 568 g/mol. The van der Waals surface area contributed by atoms with E-state index in [9.17, 15) is 0 Å². The molecule has 0 aliphatic rings. The number of pyridine rings is 1. The van der Waals surface area contributed by atoms with Gasteiger partial charge in [0, 0.05) is 17.3 Å². The second kappa shape index (κ2) is 11.8. The fourth-order valence-electron chi connectivity index (χ4n) is 6.47. The van der Waals surface area contributed by atoms with E-state index < -0.39 is 0 Å². The highest BCUT2D eigenvalue weighted by Crippen LogP contribution is 2.46. The highest BCUT2D eigenvalue weighted by molar-refractivity contribution is 6.24. The maximum absolute atomic E-state index is 4.81.